The van der Waals surface area contributed by atoms with Crippen LogP contribution in [0.15, 0.2) is 66.0 Å². The van der Waals surface area contributed by atoms with E-state index in [1.807, 2.05) is 36.4 Å². The maximum atomic E-state index is 13.5. The summed E-state index contributed by atoms with van der Waals surface area (Å²) in [6, 6.07) is 15.3. The second-order valence-electron chi connectivity index (χ2n) is 7.66. The summed E-state index contributed by atoms with van der Waals surface area (Å²) in [5.41, 5.74) is 1.45. The molecule has 3 aromatic rings. The molecule has 1 unspecified atom stereocenters. The van der Waals surface area contributed by atoms with E-state index in [2.05, 4.69) is 20.4 Å². The molecular formula is C24H22N4O5S. The van der Waals surface area contributed by atoms with Crippen LogP contribution < -0.4 is 10.6 Å². The van der Waals surface area contributed by atoms with Crippen LogP contribution in [0.25, 0.3) is 0 Å². The monoisotopic (exact) mass is 478 g/mol. The van der Waals surface area contributed by atoms with E-state index in [0.717, 1.165) is 21.8 Å². The lowest BCUT2D eigenvalue weighted by atomic mass is 9.91. The van der Waals surface area contributed by atoms with Crippen LogP contribution in [0.4, 0.5) is 9.93 Å². The van der Waals surface area contributed by atoms with Crippen molar-refractivity contribution in [3.05, 3.63) is 82.9 Å². The standard InChI is InChI=1S/C24H22N4O5S/c1-14(15-9-5-3-6-10-15)19(20(29)27-23-25-17(13-34-23)22(31)33-2)28-21(30)18(26-24(28)32)16-11-7-4-8-12-16/h3-14,18-19H,1-2H3,(H,26,32)(H,25,27,29)/t14-,18?,19-/m0/s1. The molecule has 174 valence electrons. The summed E-state index contributed by atoms with van der Waals surface area (Å²) in [5, 5.41) is 6.95. The normalized spacial score (nSPS) is 17.1. The highest BCUT2D eigenvalue weighted by Gasteiger charge is 2.47. The fourth-order valence-corrected chi connectivity index (χ4v) is 4.53. The van der Waals surface area contributed by atoms with Crippen molar-refractivity contribution in [2.75, 3.05) is 12.4 Å². The van der Waals surface area contributed by atoms with Gasteiger partial charge in [0.15, 0.2) is 10.8 Å². The van der Waals surface area contributed by atoms with Crippen molar-refractivity contribution in [3.63, 3.8) is 0 Å². The van der Waals surface area contributed by atoms with Gasteiger partial charge in [-0.2, -0.15) is 0 Å². The van der Waals surface area contributed by atoms with Gasteiger partial charge in [0.25, 0.3) is 5.91 Å². The smallest absolute Gasteiger partial charge is 0.357 e. The lowest BCUT2D eigenvalue weighted by Gasteiger charge is -2.29. The second kappa shape index (κ2) is 9.84. The first-order chi connectivity index (χ1) is 16.4. The molecule has 0 aliphatic carbocycles. The van der Waals surface area contributed by atoms with Gasteiger partial charge in [-0.15, -0.1) is 11.3 Å². The Morgan fingerprint density at radius 2 is 1.74 bits per heavy atom. The predicted molar refractivity (Wildman–Crippen MR) is 125 cm³/mol. The number of nitrogens with zero attached hydrogens (tertiary/aromatic N) is 2. The van der Waals surface area contributed by atoms with E-state index >= 15 is 0 Å². The number of methoxy groups -OCH3 is 1. The summed E-state index contributed by atoms with van der Waals surface area (Å²) in [6.07, 6.45) is 0. The summed E-state index contributed by atoms with van der Waals surface area (Å²) in [5.74, 6) is -2.27. The zero-order valence-electron chi connectivity index (χ0n) is 18.4. The van der Waals surface area contributed by atoms with Crippen LogP contribution in [-0.2, 0) is 14.3 Å². The molecule has 3 atom stereocenters. The zero-order chi connectivity index (χ0) is 24.2. The summed E-state index contributed by atoms with van der Waals surface area (Å²) in [4.78, 5) is 56.6. The lowest BCUT2D eigenvalue weighted by Crippen LogP contribution is -2.50. The summed E-state index contributed by atoms with van der Waals surface area (Å²) in [7, 11) is 1.23. The molecule has 1 aromatic heterocycles. The van der Waals surface area contributed by atoms with E-state index in [9.17, 15) is 19.2 Å². The minimum Gasteiger partial charge on any atom is -0.464 e. The number of amides is 4. The van der Waals surface area contributed by atoms with Crippen LogP contribution in [0.1, 0.15) is 40.5 Å². The number of thiazole rings is 1. The molecule has 1 aliphatic heterocycles. The third-order valence-corrected chi connectivity index (χ3v) is 6.34. The Kier molecular flexibility index (Phi) is 6.69. The van der Waals surface area contributed by atoms with Crippen molar-refractivity contribution >= 4 is 40.3 Å². The third kappa shape index (κ3) is 4.53. The van der Waals surface area contributed by atoms with E-state index in [1.165, 1.54) is 12.5 Å². The average molecular weight is 479 g/mol. The molecule has 4 rings (SSSR count). The Labute approximate surface area is 199 Å². The number of nitrogens with one attached hydrogen (secondary N) is 2. The molecule has 2 N–H and O–H groups in total. The summed E-state index contributed by atoms with van der Waals surface area (Å²) >= 11 is 1.04. The van der Waals surface area contributed by atoms with Gasteiger partial charge in [0.1, 0.15) is 12.1 Å². The Hall–Kier alpha value is -4.05. The van der Waals surface area contributed by atoms with Gasteiger partial charge in [-0.3, -0.25) is 9.59 Å². The minimum absolute atomic E-state index is 0.0505. The van der Waals surface area contributed by atoms with Crippen molar-refractivity contribution in [3.8, 4) is 0 Å². The number of hydrogen-bond donors (Lipinski definition) is 2. The number of ether oxygens (including phenoxy) is 1. The quantitative estimate of drug-likeness (QED) is 0.397. The van der Waals surface area contributed by atoms with Crippen LogP contribution in [0.3, 0.4) is 0 Å². The van der Waals surface area contributed by atoms with Gasteiger partial charge in [-0.25, -0.2) is 19.5 Å². The van der Waals surface area contributed by atoms with Gasteiger partial charge in [0.05, 0.1) is 7.11 Å². The van der Waals surface area contributed by atoms with E-state index in [-0.39, 0.29) is 10.8 Å². The van der Waals surface area contributed by atoms with E-state index in [4.69, 9.17) is 0 Å². The van der Waals surface area contributed by atoms with E-state index in [0.29, 0.717) is 5.56 Å². The van der Waals surface area contributed by atoms with Gasteiger partial charge in [-0.1, -0.05) is 67.6 Å². The van der Waals surface area contributed by atoms with Gasteiger partial charge in [-0.05, 0) is 11.1 Å². The topological polar surface area (TPSA) is 118 Å². The second-order valence-corrected chi connectivity index (χ2v) is 8.52. The molecule has 10 heteroatoms. The molecule has 34 heavy (non-hydrogen) atoms. The number of aromatic nitrogens is 1. The molecule has 1 aliphatic rings. The molecular weight excluding hydrogens is 456 g/mol. The highest BCUT2D eigenvalue weighted by Crippen LogP contribution is 2.31. The average Bonchev–Trinajstić information content (AvgIpc) is 3.44. The molecule has 0 radical (unpaired) electrons. The molecule has 1 fully saturated rings. The van der Waals surface area contributed by atoms with Crippen molar-refractivity contribution in [2.45, 2.75) is 24.9 Å². The van der Waals surface area contributed by atoms with Gasteiger partial charge >= 0.3 is 12.0 Å². The van der Waals surface area contributed by atoms with Crippen LogP contribution >= 0.6 is 11.3 Å². The number of rotatable bonds is 7. The molecule has 4 amide bonds. The maximum Gasteiger partial charge on any atom is 0.357 e. The maximum absolute atomic E-state index is 13.5. The van der Waals surface area contributed by atoms with Crippen molar-refractivity contribution in [1.82, 2.24) is 15.2 Å². The Bertz CT molecular complexity index is 1210. The minimum atomic E-state index is -1.16. The zero-order valence-corrected chi connectivity index (χ0v) is 19.2. The number of esters is 1. The van der Waals surface area contributed by atoms with Gasteiger partial charge < -0.3 is 15.4 Å². The number of anilines is 1. The first kappa shape index (κ1) is 23.1. The lowest BCUT2D eigenvalue weighted by molar-refractivity contribution is -0.134. The summed E-state index contributed by atoms with van der Waals surface area (Å²) < 4.78 is 4.65. The number of carbonyl (C=O) groups is 4. The number of urea groups is 1. The molecule has 2 aromatic carbocycles. The number of carbonyl (C=O) groups excluding carboxylic acids is 4. The number of benzene rings is 2. The van der Waals surface area contributed by atoms with Gasteiger partial charge in [0, 0.05) is 11.3 Å². The third-order valence-electron chi connectivity index (χ3n) is 5.58. The van der Waals surface area contributed by atoms with Crippen molar-refractivity contribution < 1.29 is 23.9 Å². The first-order valence-corrected chi connectivity index (χ1v) is 11.4. The van der Waals surface area contributed by atoms with Crippen LogP contribution in [0.5, 0.6) is 0 Å². The fourth-order valence-electron chi connectivity index (χ4n) is 3.84. The Balaban J connectivity index is 1.66. The van der Waals surface area contributed by atoms with Gasteiger partial charge in [0.2, 0.25) is 5.91 Å². The molecule has 0 spiro atoms. The fraction of sp³-hybridized carbons (Fsp3) is 0.208. The van der Waals surface area contributed by atoms with Crippen LogP contribution in [0.2, 0.25) is 0 Å². The summed E-state index contributed by atoms with van der Waals surface area (Å²) in [6.45, 7) is 1.78. The molecule has 1 saturated heterocycles. The number of imide groups is 1. The Morgan fingerprint density at radius 3 is 2.38 bits per heavy atom. The molecule has 2 heterocycles. The highest BCUT2D eigenvalue weighted by atomic mass is 32.1. The molecule has 0 saturated carbocycles. The Morgan fingerprint density at radius 1 is 1.09 bits per heavy atom. The van der Waals surface area contributed by atoms with Crippen molar-refractivity contribution in [2.24, 2.45) is 0 Å². The van der Waals surface area contributed by atoms with Crippen molar-refractivity contribution in [1.29, 1.82) is 0 Å². The SMILES string of the molecule is COC(=O)c1csc(NC(=O)[C@H]([C@@H](C)c2ccccc2)N2C(=O)NC(c3ccccc3)C2=O)n1. The first-order valence-electron chi connectivity index (χ1n) is 10.5. The van der Waals surface area contributed by atoms with E-state index in [1.54, 1.807) is 31.2 Å². The highest BCUT2D eigenvalue weighted by molar-refractivity contribution is 7.14. The molecule has 0 bridgehead atoms. The number of hydrogen-bond acceptors (Lipinski definition) is 7. The largest absolute Gasteiger partial charge is 0.464 e. The van der Waals surface area contributed by atoms with Crippen LogP contribution in [0, 0.1) is 0 Å². The van der Waals surface area contributed by atoms with E-state index < -0.39 is 41.8 Å². The predicted octanol–water partition coefficient (Wildman–Crippen LogP) is 3.33. The van der Waals surface area contributed by atoms with Crippen LogP contribution in [-0.4, -0.2) is 46.9 Å². The molecule has 9 nitrogen and oxygen atoms in total.